The highest BCUT2D eigenvalue weighted by Gasteiger charge is 2.42. The molecule has 0 radical (unpaired) electrons. The Bertz CT molecular complexity index is 140. The van der Waals surface area contributed by atoms with Crippen LogP contribution >= 0.6 is 11.8 Å². The van der Waals surface area contributed by atoms with Gasteiger partial charge in [-0.15, -0.1) is 0 Å². The van der Waals surface area contributed by atoms with Crippen molar-refractivity contribution < 1.29 is 8.78 Å². The van der Waals surface area contributed by atoms with E-state index in [4.69, 9.17) is 0 Å². The van der Waals surface area contributed by atoms with Crippen LogP contribution in [-0.4, -0.2) is 42.5 Å². The highest BCUT2D eigenvalue weighted by molar-refractivity contribution is 7.98. The van der Waals surface area contributed by atoms with Gasteiger partial charge in [-0.2, -0.15) is 11.8 Å². The summed E-state index contributed by atoms with van der Waals surface area (Å²) in [5.74, 6) is -1.64. The van der Waals surface area contributed by atoms with Crippen molar-refractivity contribution in [2.45, 2.75) is 18.4 Å². The van der Waals surface area contributed by atoms with E-state index < -0.39 is 5.92 Å². The largest absolute Gasteiger partial charge is 0.297 e. The molecular formula is C7H13F2NS. The minimum Gasteiger partial charge on any atom is -0.297 e. The zero-order valence-corrected chi connectivity index (χ0v) is 7.63. The second-order valence-electron chi connectivity index (χ2n) is 3.08. The number of likely N-dealkylation sites (tertiary alicyclic amines) is 1. The molecule has 1 saturated heterocycles. The molecule has 0 aliphatic carbocycles. The van der Waals surface area contributed by atoms with Crippen LogP contribution in [-0.2, 0) is 0 Å². The predicted molar refractivity (Wildman–Crippen MR) is 44.4 cm³/mol. The van der Waals surface area contributed by atoms with Crippen molar-refractivity contribution in [1.29, 1.82) is 0 Å². The first-order valence-electron chi connectivity index (χ1n) is 3.62. The minimum absolute atomic E-state index is 0.0321. The van der Waals surface area contributed by atoms with Crippen molar-refractivity contribution in [2.75, 3.05) is 25.6 Å². The summed E-state index contributed by atoms with van der Waals surface area (Å²) in [5.41, 5.74) is 0. The maximum atomic E-state index is 12.7. The second-order valence-corrected chi connectivity index (χ2v) is 4.00. The van der Waals surface area contributed by atoms with Crippen LogP contribution in [0.4, 0.5) is 8.78 Å². The van der Waals surface area contributed by atoms with E-state index in [0.29, 0.717) is 0 Å². The minimum atomic E-state index is -2.45. The number of alkyl halides is 2. The Hall–Kier alpha value is 0.170. The van der Waals surface area contributed by atoms with Gasteiger partial charge in [-0.25, -0.2) is 8.78 Å². The summed E-state index contributed by atoms with van der Waals surface area (Å²) in [6.45, 7) is -0.0712. The van der Waals surface area contributed by atoms with Gasteiger partial charge in [0, 0.05) is 18.2 Å². The van der Waals surface area contributed by atoms with Crippen LogP contribution in [0, 0.1) is 0 Å². The summed E-state index contributed by atoms with van der Waals surface area (Å²) in [4.78, 5) is 1.75. The molecule has 0 aromatic carbocycles. The molecule has 1 aliphatic rings. The molecule has 1 rings (SSSR count). The van der Waals surface area contributed by atoms with E-state index in [2.05, 4.69) is 0 Å². The fourth-order valence-corrected chi connectivity index (χ4v) is 2.19. The third kappa shape index (κ3) is 2.30. The van der Waals surface area contributed by atoms with Crippen LogP contribution < -0.4 is 0 Å². The molecule has 4 heteroatoms. The molecule has 0 aromatic rings. The Morgan fingerprint density at radius 3 is 2.64 bits per heavy atom. The first-order valence-corrected chi connectivity index (χ1v) is 5.01. The lowest BCUT2D eigenvalue weighted by atomic mass is 10.2. The molecule has 1 fully saturated rings. The van der Waals surface area contributed by atoms with Crippen LogP contribution in [0.15, 0.2) is 0 Å². The Morgan fingerprint density at radius 1 is 1.64 bits per heavy atom. The number of rotatable bonds is 2. The average Bonchev–Trinajstić information content (AvgIpc) is 2.07. The summed E-state index contributed by atoms with van der Waals surface area (Å²) >= 11 is 1.63. The van der Waals surface area contributed by atoms with Gasteiger partial charge in [0.2, 0.25) is 0 Å². The van der Waals surface area contributed by atoms with Gasteiger partial charge >= 0.3 is 0 Å². The number of hydrogen-bond donors (Lipinski definition) is 0. The van der Waals surface area contributed by atoms with Crippen LogP contribution in [0.25, 0.3) is 0 Å². The van der Waals surface area contributed by atoms with Gasteiger partial charge in [0.05, 0.1) is 6.54 Å². The van der Waals surface area contributed by atoms with Crippen molar-refractivity contribution in [3.05, 3.63) is 0 Å². The van der Waals surface area contributed by atoms with E-state index in [9.17, 15) is 8.78 Å². The maximum absolute atomic E-state index is 12.7. The number of hydrogen-bond acceptors (Lipinski definition) is 2. The predicted octanol–water partition coefficient (Wildman–Crippen LogP) is 1.69. The summed E-state index contributed by atoms with van der Waals surface area (Å²) < 4.78 is 25.4. The monoisotopic (exact) mass is 181 g/mol. The Labute approximate surface area is 70.1 Å². The van der Waals surface area contributed by atoms with Crippen molar-refractivity contribution >= 4 is 11.8 Å². The molecule has 0 aromatic heterocycles. The number of nitrogens with zero attached hydrogens (tertiary/aromatic N) is 1. The summed E-state index contributed by atoms with van der Waals surface area (Å²) in [5, 5.41) is 0. The molecule has 0 bridgehead atoms. The molecule has 0 N–H and O–H groups in total. The fourth-order valence-electron chi connectivity index (χ4n) is 1.44. The summed E-state index contributed by atoms with van der Waals surface area (Å²) in [7, 11) is 1.77. The average molecular weight is 181 g/mol. The Balaban J connectivity index is 2.45. The molecule has 0 unspecified atom stereocenters. The third-order valence-corrected chi connectivity index (χ3v) is 2.72. The normalized spacial score (nSPS) is 31.1. The lowest BCUT2D eigenvalue weighted by Gasteiger charge is -2.16. The van der Waals surface area contributed by atoms with Crippen molar-refractivity contribution in [3.8, 4) is 0 Å². The Morgan fingerprint density at radius 2 is 2.27 bits per heavy atom. The van der Waals surface area contributed by atoms with E-state index in [0.717, 1.165) is 5.75 Å². The van der Waals surface area contributed by atoms with Gasteiger partial charge in [0.25, 0.3) is 5.92 Å². The van der Waals surface area contributed by atoms with Crippen LogP contribution in [0.2, 0.25) is 0 Å². The van der Waals surface area contributed by atoms with Crippen LogP contribution in [0.1, 0.15) is 6.42 Å². The molecule has 0 spiro atoms. The molecule has 0 amide bonds. The zero-order chi connectivity index (χ0) is 8.48. The molecule has 1 nitrogen and oxygen atoms in total. The van der Waals surface area contributed by atoms with E-state index in [1.54, 1.807) is 23.7 Å². The second kappa shape index (κ2) is 3.27. The highest BCUT2D eigenvalue weighted by atomic mass is 32.2. The topological polar surface area (TPSA) is 3.24 Å². The highest BCUT2D eigenvalue weighted by Crippen LogP contribution is 2.31. The first-order chi connectivity index (χ1) is 5.05. The Kier molecular flexibility index (Phi) is 2.75. The lowest BCUT2D eigenvalue weighted by molar-refractivity contribution is 0.0142. The molecule has 1 atom stereocenters. The van der Waals surface area contributed by atoms with Crippen LogP contribution in [0.5, 0.6) is 0 Å². The zero-order valence-electron chi connectivity index (χ0n) is 6.81. The molecule has 1 aliphatic heterocycles. The van der Waals surface area contributed by atoms with Gasteiger partial charge in [-0.3, -0.25) is 4.90 Å². The molecular weight excluding hydrogens is 168 g/mol. The first kappa shape index (κ1) is 9.26. The maximum Gasteiger partial charge on any atom is 0.262 e. The van der Waals surface area contributed by atoms with E-state index in [1.807, 2.05) is 6.26 Å². The van der Waals surface area contributed by atoms with Crippen molar-refractivity contribution in [3.63, 3.8) is 0 Å². The summed E-state index contributed by atoms with van der Waals surface area (Å²) in [6.07, 6.45) is 1.98. The molecule has 1 heterocycles. The number of halogens is 2. The van der Waals surface area contributed by atoms with E-state index >= 15 is 0 Å². The fraction of sp³-hybridized carbons (Fsp3) is 1.00. The van der Waals surface area contributed by atoms with E-state index in [-0.39, 0.29) is 19.0 Å². The quantitative estimate of drug-likeness (QED) is 0.637. The lowest BCUT2D eigenvalue weighted by Crippen LogP contribution is -2.27. The standard InChI is InChI=1S/C7H13F2NS/c1-10-5-7(8,9)3-6(10)4-11-2/h6H,3-5H2,1-2H3/t6-/m0/s1. The van der Waals surface area contributed by atoms with Gasteiger partial charge in [0.1, 0.15) is 0 Å². The van der Waals surface area contributed by atoms with E-state index in [1.165, 1.54) is 0 Å². The molecule has 11 heavy (non-hydrogen) atoms. The van der Waals surface area contributed by atoms with Gasteiger partial charge in [-0.1, -0.05) is 0 Å². The smallest absolute Gasteiger partial charge is 0.262 e. The van der Waals surface area contributed by atoms with Gasteiger partial charge in [-0.05, 0) is 13.3 Å². The molecule has 0 saturated carbocycles. The van der Waals surface area contributed by atoms with Crippen molar-refractivity contribution in [2.24, 2.45) is 0 Å². The number of thioether (sulfide) groups is 1. The molecule has 66 valence electrons. The third-order valence-electron chi connectivity index (χ3n) is 2.00. The SMILES string of the molecule is CSC[C@@H]1CC(F)(F)CN1C. The summed E-state index contributed by atoms with van der Waals surface area (Å²) in [6, 6.07) is 0.0694. The van der Waals surface area contributed by atoms with Gasteiger partial charge < -0.3 is 0 Å². The van der Waals surface area contributed by atoms with Crippen LogP contribution in [0.3, 0.4) is 0 Å². The van der Waals surface area contributed by atoms with Crippen molar-refractivity contribution in [1.82, 2.24) is 4.90 Å². The van der Waals surface area contributed by atoms with Gasteiger partial charge in [0.15, 0.2) is 0 Å².